The van der Waals surface area contributed by atoms with Gasteiger partial charge in [-0.05, 0) is 12.1 Å². The molecule has 0 amide bonds. The molecule has 4 nitrogen and oxygen atoms in total. The highest BCUT2D eigenvalue weighted by molar-refractivity contribution is 7.99. The van der Waals surface area contributed by atoms with Gasteiger partial charge in [0.2, 0.25) is 0 Å². The second-order valence-corrected chi connectivity index (χ2v) is 5.67. The topological polar surface area (TPSA) is 53.4 Å². The monoisotopic (exact) mass is 274 g/mol. The van der Waals surface area contributed by atoms with Gasteiger partial charge in [0, 0.05) is 30.0 Å². The summed E-state index contributed by atoms with van der Waals surface area (Å²) in [6.07, 6.45) is 0. The summed E-state index contributed by atoms with van der Waals surface area (Å²) < 4.78 is 0. The number of anilines is 1. The number of hydrogen-bond acceptors (Lipinski definition) is 4. The van der Waals surface area contributed by atoms with Crippen LogP contribution >= 0.6 is 11.8 Å². The van der Waals surface area contributed by atoms with Gasteiger partial charge in [0.05, 0.1) is 11.1 Å². The van der Waals surface area contributed by atoms with Crippen molar-refractivity contribution in [3.8, 4) is 0 Å². The largest absolute Gasteiger partial charge is 0.478 e. The third-order valence-electron chi connectivity index (χ3n) is 3.27. The molecule has 1 saturated heterocycles. The number of benzene rings is 1. The Morgan fingerprint density at radius 3 is 2.74 bits per heavy atom. The minimum absolute atomic E-state index is 0.332. The van der Waals surface area contributed by atoms with E-state index in [0.717, 1.165) is 35.9 Å². The van der Waals surface area contributed by atoms with Gasteiger partial charge in [-0.2, -0.15) is 11.8 Å². The molecule has 3 rings (SSSR count). The summed E-state index contributed by atoms with van der Waals surface area (Å²) in [5.74, 6) is 2.01. The molecule has 0 radical (unpaired) electrons. The van der Waals surface area contributed by atoms with Crippen molar-refractivity contribution in [1.29, 1.82) is 0 Å². The van der Waals surface area contributed by atoms with Crippen LogP contribution in [-0.4, -0.2) is 40.7 Å². The van der Waals surface area contributed by atoms with Gasteiger partial charge in [0.1, 0.15) is 5.82 Å². The van der Waals surface area contributed by atoms with Crippen LogP contribution in [0.4, 0.5) is 5.82 Å². The van der Waals surface area contributed by atoms with Crippen molar-refractivity contribution in [2.75, 3.05) is 29.5 Å². The zero-order valence-corrected chi connectivity index (χ0v) is 11.2. The van der Waals surface area contributed by atoms with Crippen LogP contribution in [0, 0.1) is 0 Å². The first-order chi connectivity index (χ1) is 9.25. The Balaban J connectivity index is 2.12. The second-order valence-electron chi connectivity index (χ2n) is 4.45. The fourth-order valence-corrected chi connectivity index (χ4v) is 3.20. The summed E-state index contributed by atoms with van der Waals surface area (Å²) in [5.41, 5.74) is 1.08. The fourth-order valence-electron chi connectivity index (χ4n) is 2.29. The SMILES string of the molecule is O=C(O)c1cc(N2CCSCC2)nc2ccccc12. The molecular weight excluding hydrogens is 260 g/mol. The number of thioether (sulfide) groups is 1. The van der Waals surface area contributed by atoms with E-state index in [-0.39, 0.29) is 0 Å². The molecule has 5 heteroatoms. The number of aromatic nitrogens is 1. The molecule has 1 aromatic heterocycles. The Kier molecular flexibility index (Phi) is 3.29. The van der Waals surface area contributed by atoms with Gasteiger partial charge >= 0.3 is 5.97 Å². The number of hydrogen-bond donors (Lipinski definition) is 1. The second kappa shape index (κ2) is 5.09. The smallest absolute Gasteiger partial charge is 0.336 e. The molecular formula is C14H14N2O2S. The van der Waals surface area contributed by atoms with Gasteiger partial charge in [-0.25, -0.2) is 9.78 Å². The van der Waals surface area contributed by atoms with E-state index in [0.29, 0.717) is 10.9 Å². The number of carbonyl (C=O) groups is 1. The van der Waals surface area contributed by atoms with Crippen molar-refractivity contribution >= 4 is 34.5 Å². The number of para-hydroxylation sites is 1. The van der Waals surface area contributed by atoms with Gasteiger partial charge in [0.25, 0.3) is 0 Å². The lowest BCUT2D eigenvalue weighted by molar-refractivity contribution is 0.0699. The van der Waals surface area contributed by atoms with Crippen LogP contribution in [-0.2, 0) is 0 Å². The first-order valence-electron chi connectivity index (χ1n) is 6.21. The predicted molar refractivity (Wildman–Crippen MR) is 78.2 cm³/mol. The molecule has 1 aromatic carbocycles. The van der Waals surface area contributed by atoms with E-state index in [1.54, 1.807) is 6.07 Å². The van der Waals surface area contributed by atoms with Crippen molar-refractivity contribution in [2.24, 2.45) is 0 Å². The number of rotatable bonds is 2. The minimum Gasteiger partial charge on any atom is -0.478 e. The summed E-state index contributed by atoms with van der Waals surface area (Å²) in [7, 11) is 0. The Hall–Kier alpha value is -1.75. The first-order valence-corrected chi connectivity index (χ1v) is 7.37. The van der Waals surface area contributed by atoms with Crippen molar-refractivity contribution in [3.63, 3.8) is 0 Å². The molecule has 1 fully saturated rings. The molecule has 98 valence electrons. The highest BCUT2D eigenvalue weighted by Crippen LogP contribution is 2.24. The lowest BCUT2D eigenvalue weighted by Crippen LogP contribution is -2.33. The molecule has 0 spiro atoms. The summed E-state index contributed by atoms with van der Waals surface area (Å²) in [5, 5.41) is 10.1. The summed E-state index contributed by atoms with van der Waals surface area (Å²) in [6.45, 7) is 1.85. The van der Waals surface area contributed by atoms with Gasteiger partial charge in [-0.3, -0.25) is 0 Å². The van der Waals surface area contributed by atoms with E-state index in [2.05, 4.69) is 9.88 Å². The fraction of sp³-hybridized carbons (Fsp3) is 0.286. The van der Waals surface area contributed by atoms with Gasteiger partial charge in [0.15, 0.2) is 0 Å². The number of fused-ring (bicyclic) bond motifs is 1. The molecule has 0 saturated carbocycles. The van der Waals surface area contributed by atoms with Crippen LogP contribution in [0.25, 0.3) is 10.9 Å². The zero-order valence-electron chi connectivity index (χ0n) is 10.4. The normalized spacial score (nSPS) is 15.7. The van der Waals surface area contributed by atoms with E-state index in [9.17, 15) is 9.90 Å². The lowest BCUT2D eigenvalue weighted by Gasteiger charge is -2.27. The average molecular weight is 274 g/mol. The summed E-state index contributed by atoms with van der Waals surface area (Å²) >= 11 is 1.92. The minimum atomic E-state index is -0.897. The number of carboxylic acids is 1. The standard InChI is InChI=1S/C14H14N2O2S/c17-14(18)11-9-13(16-5-7-19-8-6-16)15-12-4-2-1-3-10(11)12/h1-4,9H,5-8H2,(H,17,18). The van der Waals surface area contributed by atoms with Crippen LogP contribution in [0.5, 0.6) is 0 Å². The van der Waals surface area contributed by atoms with Crippen molar-refractivity contribution < 1.29 is 9.90 Å². The molecule has 0 bridgehead atoms. The van der Waals surface area contributed by atoms with Crippen molar-refractivity contribution in [3.05, 3.63) is 35.9 Å². The third kappa shape index (κ3) is 2.38. The van der Waals surface area contributed by atoms with Crippen LogP contribution in [0.3, 0.4) is 0 Å². The number of aromatic carboxylic acids is 1. The summed E-state index contributed by atoms with van der Waals surface area (Å²) in [4.78, 5) is 18.2. The Morgan fingerprint density at radius 2 is 2.00 bits per heavy atom. The summed E-state index contributed by atoms with van der Waals surface area (Å²) in [6, 6.07) is 9.09. The van der Waals surface area contributed by atoms with E-state index >= 15 is 0 Å². The van der Waals surface area contributed by atoms with Crippen LogP contribution in [0.2, 0.25) is 0 Å². The maximum absolute atomic E-state index is 11.4. The molecule has 2 heterocycles. The first kappa shape index (κ1) is 12.3. The van der Waals surface area contributed by atoms with Crippen LogP contribution in [0.15, 0.2) is 30.3 Å². The molecule has 0 atom stereocenters. The molecule has 1 aliphatic heterocycles. The number of nitrogens with zero attached hydrogens (tertiary/aromatic N) is 2. The quantitative estimate of drug-likeness (QED) is 0.911. The Morgan fingerprint density at radius 1 is 1.26 bits per heavy atom. The van der Waals surface area contributed by atoms with E-state index in [1.165, 1.54) is 0 Å². The molecule has 1 aliphatic rings. The predicted octanol–water partition coefficient (Wildman–Crippen LogP) is 2.49. The molecule has 19 heavy (non-hydrogen) atoms. The van der Waals surface area contributed by atoms with Crippen LogP contribution < -0.4 is 4.90 Å². The van der Waals surface area contributed by atoms with E-state index < -0.39 is 5.97 Å². The Labute approximate surface area is 115 Å². The van der Waals surface area contributed by atoms with Crippen molar-refractivity contribution in [1.82, 2.24) is 4.98 Å². The van der Waals surface area contributed by atoms with Gasteiger partial charge < -0.3 is 10.0 Å². The third-order valence-corrected chi connectivity index (χ3v) is 4.21. The Bertz CT molecular complexity index is 624. The molecule has 0 aliphatic carbocycles. The molecule has 1 N–H and O–H groups in total. The highest BCUT2D eigenvalue weighted by Gasteiger charge is 2.17. The molecule has 2 aromatic rings. The van der Waals surface area contributed by atoms with E-state index in [4.69, 9.17) is 0 Å². The average Bonchev–Trinajstić information content (AvgIpc) is 2.47. The van der Waals surface area contributed by atoms with Crippen molar-refractivity contribution in [2.45, 2.75) is 0 Å². The number of pyridine rings is 1. The van der Waals surface area contributed by atoms with Gasteiger partial charge in [-0.1, -0.05) is 18.2 Å². The lowest BCUT2D eigenvalue weighted by atomic mass is 10.1. The van der Waals surface area contributed by atoms with Gasteiger partial charge in [-0.15, -0.1) is 0 Å². The maximum Gasteiger partial charge on any atom is 0.336 e. The van der Waals surface area contributed by atoms with E-state index in [1.807, 2.05) is 36.0 Å². The van der Waals surface area contributed by atoms with Crippen LogP contribution in [0.1, 0.15) is 10.4 Å². The maximum atomic E-state index is 11.4. The highest BCUT2D eigenvalue weighted by atomic mass is 32.2. The molecule has 0 unspecified atom stereocenters. The zero-order chi connectivity index (χ0) is 13.2. The number of carboxylic acid groups (broad SMARTS) is 1.